The van der Waals surface area contributed by atoms with Gasteiger partial charge in [0.15, 0.2) is 5.78 Å². The van der Waals surface area contributed by atoms with Crippen molar-refractivity contribution in [3.05, 3.63) is 82.4 Å². The number of rotatable bonds is 4. The van der Waals surface area contributed by atoms with Crippen molar-refractivity contribution in [1.29, 1.82) is 0 Å². The van der Waals surface area contributed by atoms with E-state index in [0.717, 1.165) is 11.1 Å². The van der Waals surface area contributed by atoms with Crippen molar-refractivity contribution in [2.24, 2.45) is 5.92 Å². The van der Waals surface area contributed by atoms with E-state index in [1.807, 2.05) is 19.1 Å². The van der Waals surface area contributed by atoms with E-state index >= 15 is 0 Å². The number of allylic oxidation sites excluding steroid dienone is 4. The SMILES string of the molecule is CCOC(=O)C1=C(C)C=C2C/C(=C/c3ccccc3O)C(=O)C2C1c1ccco1. The molecule has 0 spiro atoms. The van der Waals surface area contributed by atoms with Gasteiger partial charge in [-0.3, -0.25) is 4.79 Å². The normalized spacial score (nSPS) is 22.6. The van der Waals surface area contributed by atoms with E-state index < -0.39 is 17.8 Å². The van der Waals surface area contributed by atoms with Crippen LogP contribution in [0, 0.1) is 5.92 Å². The number of carbonyl (C=O) groups excluding carboxylic acids is 2. The third-order valence-electron chi connectivity index (χ3n) is 5.48. The summed E-state index contributed by atoms with van der Waals surface area (Å²) in [6.07, 6.45) is 5.67. The maximum Gasteiger partial charge on any atom is 0.335 e. The van der Waals surface area contributed by atoms with Crippen LogP contribution >= 0.6 is 0 Å². The third kappa shape index (κ3) is 3.33. The average molecular weight is 390 g/mol. The van der Waals surface area contributed by atoms with Gasteiger partial charge in [0.2, 0.25) is 0 Å². The first-order valence-electron chi connectivity index (χ1n) is 9.65. The number of Topliss-reactive ketones (excluding diaryl/α,β-unsaturated/α-hetero) is 1. The van der Waals surface area contributed by atoms with Crippen LogP contribution in [-0.4, -0.2) is 23.5 Å². The summed E-state index contributed by atoms with van der Waals surface area (Å²) in [4.78, 5) is 26.1. The van der Waals surface area contributed by atoms with Gasteiger partial charge in [-0.1, -0.05) is 29.8 Å². The second kappa shape index (κ2) is 7.59. The van der Waals surface area contributed by atoms with Gasteiger partial charge in [0.1, 0.15) is 11.5 Å². The second-order valence-electron chi connectivity index (χ2n) is 7.28. The molecule has 1 saturated carbocycles. The van der Waals surface area contributed by atoms with Crippen molar-refractivity contribution in [1.82, 2.24) is 0 Å². The number of hydrogen-bond donors (Lipinski definition) is 1. The molecule has 2 aliphatic rings. The number of ketones is 1. The first-order chi connectivity index (χ1) is 14.0. The molecule has 1 heterocycles. The van der Waals surface area contributed by atoms with Crippen LogP contribution in [0.3, 0.4) is 0 Å². The number of ether oxygens (including phenoxy) is 1. The first kappa shape index (κ1) is 19.0. The molecule has 0 radical (unpaired) electrons. The van der Waals surface area contributed by atoms with Crippen LogP contribution in [0.25, 0.3) is 6.08 Å². The standard InChI is InChI=1S/C24H22O5/c1-3-28-24(27)20-14(2)11-16-13-17(12-15-7-4-5-8-18(15)25)23(26)21(16)22(20)19-9-6-10-29-19/h4-12,21-22,25H,3,13H2,1-2H3/b17-12-. The van der Waals surface area contributed by atoms with E-state index in [1.54, 1.807) is 49.6 Å². The van der Waals surface area contributed by atoms with Crippen LogP contribution in [-0.2, 0) is 14.3 Å². The molecule has 0 amide bonds. The number of benzene rings is 1. The van der Waals surface area contributed by atoms with Gasteiger partial charge < -0.3 is 14.3 Å². The minimum Gasteiger partial charge on any atom is -0.507 e. The Balaban J connectivity index is 1.79. The van der Waals surface area contributed by atoms with Gasteiger partial charge in [0.05, 0.1) is 30.3 Å². The molecule has 1 N–H and O–H groups in total. The van der Waals surface area contributed by atoms with Gasteiger partial charge in [0, 0.05) is 11.1 Å². The molecular weight excluding hydrogens is 368 g/mol. The summed E-state index contributed by atoms with van der Waals surface area (Å²) in [5.41, 5.74) is 3.40. The summed E-state index contributed by atoms with van der Waals surface area (Å²) in [6, 6.07) is 10.5. The summed E-state index contributed by atoms with van der Waals surface area (Å²) in [5, 5.41) is 10.1. The van der Waals surface area contributed by atoms with Crippen LogP contribution < -0.4 is 0 Å². The second-order valence-corrected chi connectivity index (χ2v) is 7.28. The Morgan fingerprint density at radius 2 is 2.03 bits per heavy atom. The summed E-state index contributed by atoms with van der Waals surface area (Å²) in [7, 11) is 0. The van der Waals surface area contributed by atoms with E-state index in [0.29, 0.717) is 28.9 Å². The van der Waals surface area contributed by atoms with E-state index in [9.17, 15) is 14.7 Å². The monoisotopic (exact) mass is 390 g/mol. The molecule has 1 fully saturated rings. The fourth-order valence-corrected chi connectivity index (χ4v) is 4.25. The lowest BCUT2D eigenvalue weighted by Gasteiger charge is -2.28. The lowest BCUT2D eigenvalue weighted by atomic mass is 9.74. The van der Waals surface area contributed by atoms with E-state index in [4.69, 9.17) is 9.15 Å². The van der Waals surface area contributed by atoms with Crippen LogP contribution in [0.5, 0.6) is 5.75 Å². The first-order valence-corrected chi connectivity index (χ1v) is 9.65. The fraction of sp³-hybridized carbons (Fsp3) is 0.250. The molecule has 4 rings (SSSR count). The lowest BCUT2D eigenvalue weighted by molar-refractivity contribution is -0.139. The number of phenols is 1. The average Bonchev–Trinajstić information content (AvgIpc) is 3.32. The molecule has 29 heavy (non-hydrogen) atoms. The predicted molar refractivity (Wildman–Crippen MR) is 108 cm³/mol. The highest BCUT2D eigenvalue weighted by Gasteiger charge is 2.47. The molecule has 5 nitrogen and oxygen atoms in total. The summed E-state index contributed by atoms with van der Waals surface area (Å²) >= 11 is 0. The van der Waals surface area contributed by atoms with Gasteiger partial charge in [-0.2, -0.15) is 0 Å². The van der Waals surface area contributed by atoms with Crippen molar-refractivity contribution >= 4 is 17.8 Å². The quantitative estimate of drug-likeness (QED) is 0.612. The van der Waals surface area contributed by atoms with Crippen molar-refractivity contribution < 1.29 is 23.8 Å². The Labute approximate surface area is 169 Å². The Kier molecular flexibility index (Phi) is 4.97. The largest absolute Gasteiger partial charge is 0.507 e. The third-order valence-corrected chi connectivity index (χ3v) is 5.48. The maximum absolute atomic E-state index is 13.4. The number of furan rings is 1. The smallest absolute Gasteiger partial charge is 0.335 e. The van der Waals surface area contributed by atoms with E-state index in [-0.39, 0.29) is 18.1 Å². The fourth-order valence-electron chi connectivity index (χ4n) is 4.25. The Morgan fingerprint density at radius 1 is 1.24 bits per heavy atom. The van der Waals surface area contributed by atoms with Crippen molar-refractivity contribution in [2.45, 2.75) is 26.2 Å². The number of para-hydroxylation sites is 1. The zero-order chi connectivity index (χ0) is 20.5. The predicted octanol–water partition coefficient (Wildman–Crippen LogP) is 4.56. The van der Waals surface area contributed by atoms with Gasteiger partial charge in [-0.05, 0) is 50.1 Å². The highest BCUT2D eigenvalue weighted by molar-refractivity contribution is 6.09. The molecule has 5 heteroatoms. The van der Waals surface area contributed by atoms with Gasteiger partial charge in [-0.15, -0.1) is 0 Å². The van der Waals surface area contributed by atoms with Gasteiger partial charge in [0.25, 0.3) is 0 Å². The maximum atomic E-state index is 13.4. The minimum absolute atomic E-state index is 0.0600. The molecule has 1 aromatic heterocycles. The van der Waals surface area contributed by atoms with E-state index in [1.165, 1.54) is 0 Å². The highest BCUT2D eigenvalue weighted by Crippen LogP contribution is 2.50. The van der Waals surface area contributed by atoms with Crippen LogP contribution in [0.2, 0.25) is 0 Å². The number of esters is 1. The summed E-state index contributed by atoms with van der Waals surface area (Å²) < 4.78 is 10.9. The molecule has 2 aromatic rings. The van der Waals surface area contributed by atoms with Gasteiger partial charge in [-0.25, -0.2) is 4.79 Å². The number of carbonyl (C=O) groups is 2. The molecule has 2 aliphatic carbocycles. The molecule has 2 unspecified atom stereocenters. The Hall–Kier alpha value is -3.34. The number of fused-ring (bicyclic) bond motifs is 1. The minimum atomic E-state index is -0.521. The number of hydrogen-bond acceptors (Lipinski definition) is 5. The topological polar surface area (TPSA) is 76.7 Å². The van der Waals surface area contributed by atoms with Crippen molar-refractivity contribution in [3.8, 4) is 5.75 Å². The molecule has 148 valence electrons. The van der Waals surface area contributed by atoms with Crippen molar-refractivity contribution in [2.75, 3.05) is 6.61 Å². The molecule has 2 atom stereocenters. The lowest BCUT2D eigenvalue weighted by Crippen LogP contribution is -2.28. The number of phenolic OH excluding ortho intramolecular Hbond substituents is 1. The van der Waals surface area contributed by atoms with Crippen LogP contribution in [0.15, 0.2) is 75.4 Å². The molecule has 0 bridgehead atoms. The molecular formula is C24H22O5. The highest BCUT2D eigenvalue weighted by atomic mass is 16.5. The van der Waals surface area contributed by atoms with Crippen molar-refractivity contribution in [3.63, 3.8) is 0 Å². The molecule has 0 aliphatic heterocycles. The zero-order valence-electron chi connectivity index (χ0n) is 16.3. The Morgan fingerprint density at radius 3 is 2.72 bits per heavy atom. The molecule has 0 saturated heterocycles. The van der Waals surface area contributed by atoms with E-state index in [2.05, 4.69) is 0 Å². The Bertz CT molecular complexity index is 1050. The van der Waals surface area contributed by atoms with Gasteiger partial charge >= 0.3 is 5.97 Å². The summed E-state index contributed by atoms with van der Waals surface area (Å²) in [5.74, 6) is -0.822. The van der Waals surface area contributed by atoms with Crippen LogP contribution in [0.1, 0.15) is 37.5 Å². The zero-order valence-corrected chi connectivity index (χ0v) is 16.3. The molecule has 1 aromatic carbocycles. The van der Waals surface area contributed by atoms with Crippen LogP contribution in [0.4, 0.5) is 0 Å². The summed E-state index contributed by atoms with van der Waals surface area (Å²) in [6.45, 7) is 3.88. The number of aromatic hydroxyl groups is 1.